The second kappa shape index (κ2) is 6.19. The number of amides is 1. The van der Waals surface area contributed by atoms with Crippen LogP contribution in [0.4, 0.5) is 5.69 Å². The molecule has 0 aliphatic heterocycles. The van der Waals surface area contributed by atoms with Gasteiger partial charge in [0.25, 0.3) is 0 Å². The van der Waals surface area contributed by atoms with Crippen LogP contribution < -0.4 is 5.32 Å². The molecule has 1 aromatic carbocycles. The third kappa shape index (κ3) is 3.03. The van der Waals surface area contributed by atoms with E-state index in [-0.39, 0.29) is 17.7 Å². The molecule has 4 rings (SSSR count). The molecule has 2 N–H and O–H groups in total. The van der Waals surface area contributed by atoms with Crippen molar-refractivity contribution < 1.29 is 14.7 Å². The molecule has 4 atom stereocenters. The third-order valence-electron chi connectivity index (χ3n) is 5.18. The van der Waals surface area contributed by atoms with Crippen molar-refractivity contribution in [3.8, 4) is 0 Å². The smallest absolute Gasteiger partial charge is 0.307 e. The quantitative estimate of drug-likeness (QED) is 0.834. The summed E-state index contributed by atoms with van der Waals surface area (Å²) in [5, 5.41) is 12.4. The zero-order chi connectivity index (χ0) is 16.6. The van der Waals surface area contributed by atoms with Crippen molar-refractivity contribution in [2.24, 2.45) is 23.7 Å². The largest absolute Gasteiger partial charge is 0.481 e. The van der Waals surface area contributed by atoms with Crippen LogP contribution in [0.15, 0.2) is 36.4 Å². The van der Waals surface area contributed by atoms with Gasteiger partial charge in [-0.15, -0.1) is 0 Å². The summed E-state index contributed by atoms with van der Waals surface area (Å²) in [5.74, 6) is -1.65. The standard InChI is InChI=1S/C19H23NO3/c1-11(2)12-7-9-15(10-8-12)20-18(21)16-13-3-5-14(6-4-13)17(16)19(22)23/h3,5,7-11,13-14,16-17H,4,6H2,1-2H3,(H,20,21)(H,22,23)/t13-,14-,16+,17+/m0/s1. The number of carboxylic acids is 1. The van der Waals surface area contributed by atoms with E-state index in [1.807, 2.05) is 36.4 Å². The molecule has 1 saturated carbocycles. The number of allylic oxidation sites excluding steroid dienone is 2. The number of fused-ring (bicyclic) bond motifs is 2. The van der Waals surface area contributed by atoms with E-state index in [1.54, 1.807) is 0 Å². The van der Waals surface area contributed by atoms with E-state index in [0.29, 0.717) is 5.92 Å². The van der Waals surface area contributed by atoms with Gasteiger partial charge < -0.3 is 10.4 Å². The molecule has 1 aromatic rings. The molecule has 0 spiro atoms. The number of rotatable bonds is 4. The van der Waals surface area contributed by atoms with Gasteiger partial charge >= 0.3 is 5.97 Å². The molecule has 0 unspecified atom stereocenters. The summed E-state index contributed by atoms with van der Waals surface area (Å²) in [6.45, 7) is 4.24. The first-order chi connectivity index (χ1) is 11.0. The van der Waals surface area contributed by atoms with Crippen molar-refractivity contribution in [1.82, 2.24) is 0 Å². The van der Waals surface area contributed by atoms with Gasteiger partial charge in [0.05, 0.1) is 11.8 Å². The van der Waals surface area contributed by atoms with Gasteiger partial charge in [-0.05, 0) is 48.3 Å². The van der Waals surface area contributed by atoms with Crippen molar-refractivity contribution in [3.63, 3.8) is 0 Å². The van der Waals surface area contributed by atoms with Crippen molar-refractivity contribution >= 4 is 17.6 Å². The first kappa shape index (κ1) is 15.8. The van der Waals surface area contributed by atoms with Crippen LogP contribution >= 0.6 is 0 Å². The predicted molar refractivity (Wildman–Crippen MR) is 89.1 cm³/mol. The molecule has 3 aliphatic carbocycles. The number of hydrogen-bond acceptors (Lipinski definition) is 2. The summed E-state index contributed by atoms with van der Waals surface area (Å²) >= 11 is 0. The average molecular weight is 313 g/mol. The van der Waals surface area contributed by atoms with Gasteiger partial charge in [-0.3, -0.25) is 9.59 Å². The number of carbonyl (C=O) groups is 2. The van der Waals surface area contributed by atoms with Crippen molar-refractivity contribution in [1.29, 1.82) is 0 Å². The Balaban J connectivity index is 1.76. The van der Waals surface area contributed by atoms with E-state index < -0.39 is 17.8 Å². The van der Waals surface area contributed by atoms with Gasteiger partial charge in [0, 0.05) is 5.69 Å². The van der Waals surface area contributed by atoms with Gasteiger partial charge in [0.15, 0.2) is 0 Å². The first-order valence-electron chi connectivity index (χ1n) is 8.29. The number of hydrogen-bond donors (Lipinski definition) is 2. The van der Waals surface area contributed by atoms with Crippen LogP contribution in [0.5, 0.6) is 0 Å². The van der Waals surface area contributed by atoms with Crippen LogP contribution in [0.2, 0.25) is 0 Å². The number of benzene rings is 1. The molecule has 0 radical (unpaired) electrons. The SMILES string of the molecule is CC(C)c1ccc(NC(=O)[C@H]2[C@H](C(=O)O)[C@H]3C=C[C@H]2CC3)cc1. The van der Waals surface area contributed by atoms with Gasteiger partial charge in [0.1, 0.15) is 0 Å². The summed E-state index contributed by atoms with van der Waals surface area (Å²) in [5.41, 5.74) is 1.94. The maximum atomic E-state index is 12.7. The monoisotopic (exact) mass is 313 g/mol. The highest BCUT2D eigenvalue weighted by atomic mass is 16.4. The highest BCUT2D eigenvalue weighted by Gasteiger charge is 2.48. The van der Waals surface area contributed by atoms with E-state index in [0.717, 1.165) is 18.5 Å². The zero-order valence-electron chi connectivity index (χ0n) is 13.5. The molecule has 0 heterocycles. The van der Waals surface area contributed by atoms with Gasteiger partial charge in [0.2, 0.25) is 5.91 Å². The van der Waals surface area contributed by atoms with Crippen LogP contribution in [0.1, 0.15) is 38.2 Å². The van der Waals surface area contributed by atoms with Crippen LogP contribution in [-0.4, -0.2) is 17.0 Å². The number of anilines is 1. The Kier molecular flexibility index (Phi) is 4.24. The Morgan fingerprint density at radius 2 is 1.61 bits per heavy atom. The molecule has 4 heteroatoms. The van der Waals surface area contributed by atoms with E-state index >= 15 is 0 Å². The second-order valence-electron chi connectivity index (χ2n) is 6.95. The molecule has 2 bridgehead atoms. The Morgan fingerprint density at radius 3 is 2.09 bits per heavy atom. The lowest BCUT2D eigenvalue weighted by Gasteiger charge is -2.41. The Hall–Kier alpha value is -2.10. The first-order valence-corrected chi connectivity index (χ1v) is 8.29. The summed E-state index contributed by atoms with van der Waals surface area (Å²) in [4.78, 5) is 24.3. The van der Waals surface area contributed by atoms with Crippen molar-refractivity contribution in [3.05, 3.63) is 42.0 Å². The van der Waals surface area contributed by atoms with Gasteiger partial charge in [-0.1, -0.05) is 38.1 Å². The van der Waals surface area contributed by atoms with E-state index in [1.165, 1.54) is 5.56 Å². The molecule has 1 fully saturated rings. The fourth-order valence-electron chi connectivity index (χ4n) is 3.87. The lowest BCUT2D eigenvalue weighted by molar-refractivity contribution is -0.151. The lowest BCUT2D eigenvalue weighted by Crippen LogP contribution is -2.47. The predicted octanol–water partition coefficient (Wildman–Crippen LogP) is 3.66. The zero-order valence-corrected chi connectivity index (χ0v) is 13.5. The Morgan fingerprint density at radius 1 is 1.04 bits per heavy atom. The molecule has 1 amide bonds. The van der Waals surface area contributed by atoms with E-state index in [4.69, 9.17) is 0 Å². The summed E-state index contributed by atoms with van der Waals surface area (Å²) in [7, 11) is 0. The van der Waals surface area contributed by atoms with E-state index in [9.17, 15) is 14.7 Å². The minimum atomic E-state index is -0.862. The topological polar surface area (TPSA) is 66.4 Å². The fraction of sp³-hybridized carbons (Fsp3) is 0.474. The number of carboxylic acid groups (broad SMARTS) is 1. The number of nitrogens with one attached hydrogen (secondary N) is 1. The van der Waals surface area contributed by atoms with Crippen molar-refractivity contribution in [2.75, 3.05) is 5.32 Å². The molecule has 122 valence electrons. The van der Waals surface area contributed by atoms with Crippen molar-refractivity contribution in [2.45, 2.75) is 32.6 Å². The minimum absolute atomic E-state index is 0.0171. The maximum absolute atomic E-state index is 12.7. The molecular weight excluding hydrogens is 290 g/mol. The minimum Gasteiger partial charge on any atom is -0.481 e. The van der Waals surface area contributed by atoms with Crippen LogP contribution in [0.3, 0.4) is 0 Å². The molecular formula is C19H23NO3. The molecule has 0 aromatic heterocycles. The molecule has 23 heavy (non-hydrogen) atoms. The third-order valence-corrected chi connectivity index (χ3v) is 5.18. The highest BCUT2D eigenvalue weighted by molar-refractivity contribution is 5.96. The molecule has 4 nitrogen and oxygen atoms in total. The summed E-state index contributed by atoms with van der Waals surface area (Å²) in [6, 6.07) is 7.78. The second-order valence-corrected chi connectivity index (χ2v) is 6.95. The van der Waals surface area contributed by atoms with E-state index in [2.05, 4.69) is 19.2 Å². The lowest BCUT2D eigenvalue weighted by atomic mass is 9.62. The Bertz CT molecular complexity index is 633. The highest BCUT2D eigenvalue weighted by Crippen LogP contribution is 2.45. The average Bonchev–Trinajstić information content (AvgIpc) is 2.55. The molecule has 0 saturated heterocycles. The van der Waals surface area contributed by atoms with Gasteiger partial charge in [-0.25, -0.2) is 0 Å². The normalized spacial score (nSPS) is 28.8. The van der Waals surface area contributed by atoms with Gasteiger partial charge in [-0.2, -0.15) is 0 Å². The maximum Gasteiger partial charge on any atom is 0.307 e. The van der Waals surface area contributed by atoms with Crippen LogP contribution in [0, 0.1) is 23.7 Å². The Labute approximate surface area is 136 Å². The van der Waals surface area contributed by atoms with Crippen LogP contribution in [0.25, 0.3) is 0 Å². The summed E-state index contributed by atoms with van der Waals surface area (Å²) < 4.78 is 0. The summed E-state index contributed by atoms with van der Waals surface area (Å²) in [6.07, 6.45) is 5.77. The number of aliphatic carboxylic acids is 1. The van der Waals surface area contributed by atoms with Crippen LogP contribution in [-0.2, 0) is 9.59 Å². The fourth-order valence-corrected chi connectivity index (χ4v) is 3.87. The number of carbonyl (C=O) groups excluding carboxylic acids is 1. The molecule has 3 aliphatic rings.